The summed E-state index contributed by atoms with van der Waals surface area (Å²) in [6.07, 6.45) is 2.54. The Morgan fingerprint density at radius 2 is 2.24 bits per heavy atom. The lowest BCUT2D eigenvalue weighted by Gasteiger charge is -2.14. The number of carbonyl (C=O) groups is 2. The van der Waals surface area contributed by atoms with Gasteiger partial charge in [0.2, 0.25) is 5.91 Å². The van der Waals surface area contributed by atoms with Gasteiger partial charge in [-0.15, -0.1) is 0 Å². The van der Waals surface area contributed by atoms with E-state index in [1.165, 1.54) is 11.3 Å². The molecular weight excluding hydrogens is 340 g/mol. The van der Waals surface area contributed by atoms with Crippen LogP contribution in [0.15, 0.2) is 18.2 Å². The minimum Gasteiger partial charge on any atom is -0.395 e. The molecule has 1 aromatic carbocycles. The van der Waals surface area contributed by atoms with Crippen molar-refractivity contribution in [2.24, 2.45) is 0 Å². The van der Waals surface area contributed by atoms with Crippen LogP contribution in [-0.2, 0) is 4.79 Å². The van der Waals surface area contributed by atoms with Gasteiger partial charge in [-0.05, 0) is 31.0 Å². The first-order chi connectivity index (χ1) is 12.2. The average molecular weight is 362 g/mol. The van der Waals surface area contributed by atoms with Gasteiger partial charge in [0.25, 0.3) is 5.91 Å². The summed E-state index contributed by atoms with van der Waals surface area (Å²) < 4.78 is 0.939. The Bertz CT molecular complexity index is 761. The topological polar surface area (TPSA) is 94.6 Å². The second-order valence-corrected chi connectivity index (χ2v) is 6.98. The van der Waals surface area contributed by atoms with Crippen LogP contribution in [0.25, 0.3) is 10.2 Å². The number of anilines is 1. The number of benzene rings is 1. The number of nitrogens with one attached hydrogen (secondary N) is 2. The van der Waals surface area contributed by atoms with Crippen molar-refractivity contribution in [1.82, 2.24) is 15.2 Å². The fourth-order valence-electron chi connectivity index (χ4n) is 2.82. The maximum atomic E-state index is 11.9. The molecule has 1 aliphatic rings. The molecule has 134 valence electrons. The molecule has 0 bridgehead atoms. The van der Waals surface area contributed by atoms with Gasteiger partial charge in [0, 0.05) is 38.2 Å². The summed E-state index contributed by atoms with van der Waals surface area (Å²) >= 11 is 1.50. The van der Waals surface area contributed by atoms with Gasteiger partial charge in [-0.25, -0.2) is 4.98 Å². The normalized spacial score (nSPS) is 14.3. The number of thiazole rings is 1. The predicted molar refractivity (Wildman–Crippen MR) is 98.0 cm³/mol. The number of amides is 2. The number of aromatic nitrogens is 1. The van der Waals surface area contributed by atoms with Crippen LogP contribution >= 0.6 is 11.3 Å². The Morgan fingerprint density at radius 1 is 1.36 bits per heavy atom. The second-order valence-electron chi connectivity index (χ2n) is 5.95. The number of fused-ring (bicyclic) bond motifs is 1. The Hall–Kier alpha value is -2.19. The van der Waals surface area contributed by atoms with E-state index in [0.717, 1.165) is 47.8 Å². The maximum absolute atomic E-state index is 11.9. The third kappa shape index (κ3) is 4.46. The molecule has 0 atom stereocenters. The lowest BCUT2D eigenvalue weighted by molar-refractivity contribution is -0.127. The quantitative estimate of drug-likeness (QED) is 0.618. The molecule has 3 N–H and O–H groups in total. The molecule has 0 saturated carbocycles. The molecule has 1 aliphatic heterocycles. The highest BCUT2D eigenvalue weighted by Gasteiger charge is 2.19. The first-order valence-electron chi connectivity index (χ1n) is 8.48. The van der Waals surface area contributed by atoms with E-state index < -0.39 is 0 Å². The number of likely N-dealkylation sites (tertiary alicyclic amines) is 1. The molecule has 0 radical (unpaired) electrons. The van der Waals surface area contributed by atoms with Crippen molar-refractivity contribution in [3.05, 3.63) is 23.8 Å². The van der Waals surface area contributed by atoms with Crippen molar-refractivity contribution in [3.63, 3.8) is 0 Å². The van der Waals surface area contributed by atoms with Gasteiger partial charge in [0.1, 0.15) is 0 Å². The second kappa shape index (κ2) is 8.26. The number of rotatable bonds is 8. The molecular formula is C17H22N4O3S. The van der Waals surface area contributed by atoms with Gasteiger partial charge < -0.3 is 20.6 Å². The molecule has 0 unspecified atom stereocenters. The summed E-state index contributed by atoms with van der Waals surface area (Å²) in [4.78, 5) is 29.9. The van der Waals surface area contributed by atoms with Crippen LogP contribution in [0.2, 0.25) is 0 Å². The first-order valence-corrected chi connectivity index (χ1v) is 9.30. The fourth-order valence-corrected chi connectivity index (χ4v) is 3.75. The van der Waals surface area contributed by atoms with Gasteiger partial charge in [0.15, 0.2) is 5.13 Å². The number of nitrogens with zero attached hydrogens (tertiary/aromatic N) is 2. The van der Waals surface area contributed by atoms with Crippen LogP contribution < -0.4 is 10.6 Å². The molecule has 0 spiro atoms. The van der Waals surface area contributed by atoms with Crippen molar-refractivity contribution < 1.29 is 14.7 Å². The molecule has 8 heteroatoms. The van der Waals surface area contributed by atoms with Gasteiger partial charge in [-0.3, -0.25) is 9.59 Å². The minimum absolute atomic E-state index is 0.0777. The van der Waals surface area contributed by atoms with Gasteiger partial charge in [-0.2, -0.15) is 0 Å². The van der Waals surface area contributed by atoms with Gasteiger partial charge in [-0.1, -0.05) is 11.3 Å². The lowest BCUT2D eigenvalue weighted by atomic mass is 10.2. The van der Waals surface area contributed by atoms with E-state index in [0.29, 0.717) is 12.0 Å². The lowest BCUT2D eigenvalue weighted by Crippen LogP contribution is -2.26. The monoisotopic (exact) mass is 362 g/mol. The zero-order valence-electron chi connectivity index (χ0n) is 14.0. The summed E-state index contributed by atoms with van der Waals surface area (Å²) in [7, 11) is 0. The van der Waals surface area contributed by atoms with Crippen molar-refractivity contribution in [2.45, 2.75) is 19.3 Å². The van der Waals surface area contributed by atoms with Crippen LogP contribution in [0.1, 0.15) is 29.6 Å². The average Bonchev–Trinajstić information content (AvgIpc) is 3.21. The molecule has 25 heavy (non-hydrogen) atoms. The standard InChI is InChI=1S/C17H22N4O3S/c22-10-7-18-16(24)12-4-5-13-14(11-12)25-17(20-13)19-6-2-9-21-8-1-3-15(21)23/h4-5,11,22H,1-3,6-10H2,(H,18,24)(H,19,20). The number of hydrogen-bond donors (Lipinski definition) is 3. The molecule has 1 saturated heterocycles. The SMILES string of the molecule is O=C(NCCO)c1ccc2nc(NCCCN3CCCC3=O)sc2c1. The number of carbonyl (C=O) groups excluding carboxylic acids is 2. The highest BCUT2D eigenvalue weighted by atomic mass is 32.1. The van der Waals surface area contributed by atoms with E-state index in [-0.39, 0.29) is 25.0 Å². The number of hydrogen-bond acceptors (Lipinski definition) is 6. The third-order valence-electron chi connectivity index (χ3n) is 4.10. The Balaban J connectivity index is 1.54. The summed E-state index contributed by atoms with van der Waals surface area (Å²) in [5.74, 6) is 0.0566. The summed E-state index contributed by atoms with van der Waals surface area (Å²) in [5, 5.41) is 15.5. The van der Waals surface area contributed by atoms with Crippen LogP contribution in [0.5, 0.6) is 0 Å². The van der Waals surface area contributed by atoms with Crippen LogP contribution in [0.3, 0.4) is 0 Å². The molecule has 0 aliphatic carbocycles. The largest absolute Gasteiger partial charge is 0.395 e. The van der Waals surface area contributed by atoms with Crippen LogP contribution in [-0.4, -0.2) is 59.6 Å². The van der Waals surface area contributed by atoms with Crippen molar-refractivity contribution in [2.75, 3.05) is 38.1 Å². The summed E-state index contributed by atoms with van der Waals surface area (Å²) in [6.45, 7) is 2.58. The summed E-state index contributed by atoms with van der Waals surface area (Å²) in [5.41, 5.74) is 1.41. The smallest absolute Gasteiger partial charge is 0.251 e. The van der Waals surface area contributed by atoms with Crippen LogP contribution in [0.4, 0.5) is 5.13 Å². The highest BCUT2D eigenvalue weighted by molar-refractivity contribution is 7.22. The van der Waals surface area contributed by atoms with E-state index >= 15 is 0 Å². The Kier molecular flexibility index (Phi) is 5.83. The molecule has 3 rings (SSSR count). The van der Waals surface area contributed by atoms with Gasteiger partial charge >= 0.3 is 0 Å². The van der Waals surface area contributed by atoms with Crippen molar-refractivity contribution >= 4 is 38.5 Å². The predicted octanol–water partition coefficient (Wildman–Crippen LogP) is 1.44. The van der Waals surface area contributed by atoms with E-state index in [4.69, 9.17) is 5.11 Å². The maximum Gasteiger partial charge on any atom is 0.251 e. The first kappa shape index (κ1) is 17.6. The highest BCUT2D eigenvalue weighted by Crippen LogP contribution is 2.26. The van der Waals surface area contributed by atoms with E-state index in [1.807, 2.05) is 17.0 Å². The zero-order valence-corrected chi connectivity index (χ0v) is 14.8. The molecule has 2 aromatic rings. The minimum atomic E-state index is -0.200. The Labute approximate surface area is 150 Å². The Morgan fingerprint density at radius 3 is 3.00 bits per heavy atom. The van der Waals surface area contributed by atoms with E-state index in [9.17, 15) is 9.59 Å². The molecule has 7 nitrogen and oxygen atoms in total. The summed E-state index contributed by atoms with van der Waals surface area (Å²) in [6, 6.07) is 5.37. The number of aliphatic hydroxyl groups is 1. The van der Waals surface area contributed by atoms with Crippen LogP contribution in [0, 0.1) is 0 Å². The van der Waals surface area contributed by atoms with E-state index in [2.05, 4.69) is 15.6 Å². The van der Waals surface area contributed by atoms with Crippen molar-refractivity contribution in [3.8, 4) is 0 Å². The van der Waals surface area contributed by atoms with Gasteiger partial charge in [0.05, 0.1) is 16.8 Å². The fraction of sp³-hybridized carbons (Fsp3) is 0.471. The van der Waals surface area contributed by atoms with Crippen molar-refractivity contribution in [1.29, 1.82) is 0 Å². The number of aliphatic hydroxyl groups excluding tert-OH is 1. The molecule has 2 heterocycles. The zero-order chi connectivity index (χ0) is 17.6. The molecule has 1 fully saturated rings. The molecule has 2 amide bonds. The van der Waals surface area contributed by atoms with E-state index in [1.54, 1.807) is 6.07 Å². The third-order valence-corrected chi connectivity index (χ3v) is 5.08. The molecule has 1 aromatic heterocycles.